The van der Waals surface area contributed by atoms with Gasteiger partial charge in [-0.25, -0.2) is 4.98 Å². The summed E-state index contributed by atoms with van der Waals surface area (Å²) in [4.78, 5) is 32.8. The van der Waals surface area contributed by atoms with E-state index in [2.05, 4.69) is 29.1 Å². The first-order valence-electron chi connectivity index (χ1n) is 9.79. The van der Waals surface area contributed by atoms with Crippen LogP contribution in [0, 0.1) is 6.92 Å². The summed E-state index contributed by atoms with van der Waals surface area (Å²) in [6.07, 6.45) is 1.71. The molecule has 6 nitrogen and oxygen atoms in total. The van der Waals surface area contributed by atoms with Crippen LogP contribution in [0.4, 0.5) is 5.69 Å². The number of nitrogens with one attached hydrogen (secondary N) is 2. The van der Waals surface area contributed by atoms with Gasteiger partial charge >= 0.3 is 0 Å². The van der Waals surface area contributed by atoms with Crippen LogP contribution in [0.2, 0.25) is 0 Å². The Morgan fingerprint density at radius 1 is 1.21 bits per heavy atom. The van der Waals surface area contributed by atoms with Crippen LogP contribution < -0.4 is 10.9 Å². The van der Waals surface area contributed by atoms with E-state index in [0.717, 1.165) is 22.2 Å². The Hall–Kier alpha value is -3.41. The number of aryl methyl sites for hydroxylation is 2. The van der Waals surface area contributed by atoms with Gasteiger partial charge in [-0.05, 0) is 42.7 Å². The van der Waals surface area contributed by atoms with Crippen LogP contribution in [0.1, 0.15) is 37.3 Å². The molecule has 0 atom stereocenters. The van der Waals surface area contributed by atoms with Crippen molar-refractivity contribution in [3.63, 3.8) is 0 Å². The van der Waals surface area contributed by atoms with Gasteiger partial charge in [-0.2, -0.15) is 0 Å². The second-order valence-corrected chi connectivity index (χ2v) is 7.72. The van der Waals surface area contributed by atoms with Crippen molar-refractivity contribution in [2.45, 2.75) is 39.7 Å². The molecule has 1 amide bonds. The predicted molar refractivity (Wildman–Crippen MR) is 116 cm³/mol. The number of H-pyrrole nitrogens is 1. The number of amides is 1. The predicted octanol–water partition coefficient (Wildman–Crippen LogP) is 4.34. The van der Waals surface area contributed by atoms with Gasteiger partial charge in [0.15, 0.2) is 0 Å². The van der Waals surface area contributed by atoms with E-state index in [1.807, 2.05) is 49.4 Å². The number of benzene rings is 2. The fourth-order valence-electron chi connectivity index (χ4n) is 3.48. The van der Waals surface area contributed by atoms with Crippen molar-refractivity contribution in [3.05, 3.63) is 70.3 Å². The lowest BCUT2D eigenvalue weighted by Crippen LogP contribution is -2.23. The number of anilines is 1. The number of hydrogen-bond donors (Lipinski definition) is 2. The molecule has 0 aliphatic heterocycles. The molecule has 0 bridgehead atoms. The lowest BCUT2D eigenvalue weighted by atomic mass is 10.0. The van der Waals surface area contributed by atoms with Crippen LogP contribution in [0.3, 0.4) is 0 Å². The molecule has 4 rings (SSSR count). The number of hydrogen-bond acceptors (Lipinski definition) is 3. The molecule has 0 radical (unpaired) electrons. The maximum atomic E-state index is 12.8. The minimum absolute atomic E-state index is 0.134. The molecule has 0 fully saturated rings. The molecule has 148 valence electrons. The summed E-state index contributed by atoms with van der Waals surface area (Å²) >= 11 is 0. The number of carbonyl (C=O) groups is 1. The van der Waals surface area contributed by atoms with Crippen LogP contribution in [-0.2, 0) is 11.3 Å². The number of aromatic nitrogens is 3. The number of fused-ring (bicyclic) bond motifs is 3. The van der Waals surface area contributed by atoms with E-state index >= 15 is 0 Å². The summed E-state index contributed by atoms with van der Waals surface area (Å²) in [6, 6.07) is 13.8. The van der Waals surface area contributed by atoms with E-state index in [0.29, 0.717) is 17.0 Å². The lowest BCUT2D eigenvalue weighted by molar-refractivity contribution is -0.116. The Morgan fingerprint density at radius 2 is 2.03 bits per heavy atom. The summed E-state index contributed by atoms with van der Waals surface area (Å²) in [7, 11) is 0. The Balaban J connectivity index is 1.51. The third-order valence-electron chi connectivity index (χ3n) is 5.14. The van der Waals surface area contributed by atoms with Crippen LogP contribution in [0.25, 0.3) is 21.9 Å². The Morgan fingerprint density at radius 3 is 2.83 bits per heavy atom. The number of aromatic amines is 1. The molecule has 29 heavy (non-hydrogen) atoms. The maximum absolute atomic E-state index is 12.8. The summed E-state index contributed by atoms with van der Waals surface area (Å²) < 4.78 is 1.48. The normalized spacial score (nSPS) is 11.4. The van der Waals surface area contributed by atoms with E-state index < -0.39 is 0 Å². The van der Waals surface area contributed by atoms with Crippen molar-refractivity contribution in [1.82, 2.24) is 14.5 Å². The number of carbonyl (C=O) groups excluding carboxylic acids is 1. The van der Waals surface area contributed by atoms with Gasteiger partial charge in [-0.3, -0.25) is 14.2 Å². The van der Waals surface area contributed by atoms with Crippen molar-refractivity contribution in [2.24, 2.45) is 0 Å². The fraction of sp³-hybridized carbons (Fsp3) is 0.261. The maximum Gasteiger partial charge on any atom is 0.277 e. The highest BCUT2D eigenvalue weighted by Gasteiger charge is 2.12. The number of nitrogens with zero attached hydrogens (tertiary/aromatic N) is 2. The monoisotopic (exact) mass is 388 g/mol. The Kier molecular flexibility index (Phi) is 4.92. The summed E-state index contributed by atoms with van der Waals surface area (Å²) in [6.45, 7) is 6.50. The van der Waals surface area contributed by atoms with Gasteiger partial charge < -0.3 is 10.3 Å². The highest BCUT2D eigenvalue weighted by molar-refractivity contribution is 6.04. The zero-order valence-corrected chi connectivity index (χ0v) is 16.8. The summed E-state index contributed by atoms with van der Waals surface area (Å²) in [5, 5.41) is 3.85. The quantitative estimate of drug-likeness (QED) is 0.534. The molecule has 0 spiro atoms. The van der Waals surface area contributed by atoms with Crippen LogP contribution in [-0.4, -0.2) is 20.4 Å². The van der Waals surface area contributed by atoms with Crippen LogP contribution in [0.5, 0.6) is 0 Å². The highest BCUT2D eigenvalue weighted by Crippen LogP contribution is 2.22. The minimum Gasteiger partial charge on any atom is -0.349 e. The number of rotatable bonds is 5. The van der Waals surface area contributed by atoms with E-state index in [4.69, 9.17) is 0 Å². The first-order valence-corrected chi connectivity index (χ1v) is 9.79. The molecule has 0 saturated heterocycles. The Bertz CT molecular complexity index is 1270. The van der Waals surface area contributed by atoms with Crippen molar-refractivity contribution < 1.29 is 4.79 Å². The molecule has 4 aromatic rings. The lowest BCUT2D eigenvalue weighted by Gasteiger charge is -2.10. The zero-order chi connectivity index (χ0) is 20.5. The van der Waals surface area contributed by atoms with E-state index in [1.165, 1.54) is 16.5 Å². The molecular formula is C23H24N4O2. The molecule has 0 aliphatic rings. The van der Waals surface area contributed by atoms with Gasteiger partial charge in [-0.1, -0.05) is 37.6 Å². The first kappa shape index (κ1) is 18.9. The molecule has 2 N–H and O–H groups in total. The van der Waals surface area contributed by atoms with Crippen LogP contribution >= 0.6 is 0 Å². The van der Waals surface area contributed by atoms with Crippen molar-refractivity contribution >= 4 is 33.5 Å². The van der Waals surface area contributed by atoms with Gasteiger partial charge in [0.05, 0.1) is 6.33 Å². The van der Waals surface area contributed by atoms with Gasteiger partial charge in [-0.15, -0.1) is 0 Å². The fourth-order valence-corrected chi connectivity index (χ4v) is 3.48. The summed E-state index contributed by atoms with van der Waals surface area (Å²) in [5.74, 6) is 0.258. The Labute approximate surface area is 168 Å². The molecule has 2 aromatic carbocycles. The minimum atomic E-state index is -0.168. The van der Waals surface area contributed by atoms with E-state index in [9.17, 15) is 9.59 Å². The van der Waals surface area contributed by atoms with Crippen molar-refractivity contribution in [2.75, 3.05) is 5.32 Å². The van der Waals surface area contributed by atoms with Gasteiger partial charge in [0.2, 0.25) is 5.91 Å². The smallest absolute Gasteiger partial charge is 0.277 e. The SMILES string of the molecule is Cc1ccc2[nH]c3c(=O)n(CCC(=O)Nc4cccc(C(C)C)c4)cnc3c2c1. The average Bonchev–Trinajstić information content (AvgIpc) is 3.06. The highest BCUT2D eigenvalue weighted by atomic mass is 16.2. The standard InChI is InChI=1S/C23H24N4O2/c1-14(2)16-5-4-6-17(12-16)25-20(28)9-10-27-13-24-21-18-11-15(3)7-8-19(18)26-22(21)23(27)29/h4-8,11-14,26H,9-10H2,1-3H3,(H,25,28). The molecular weight excluding hydrogens is 364 g/mol. The second kappa shape index (κ2) is 7.54. The third-order valence-corrected chi connectivity index (χ3v) is 5.14. The van der Waals surface area contributed by atoms with Crippen molar-refractivity contribution in [1.29, 1.82) is 0 Å². The summed E-state index contributed by atoms with van der Waals surface area (Å²) in [5.41, 5.74) is 4.91. The van der Waals surface area contributed by atoms with Gasteiger partial charge in [0, 0.05) is 29.6 Å². The molecule has 6 heteroatoms. The first-order chi connectivity index (χ1) is 13.9. The second-order valence-electron chi connectivity index (χ2n) is 7.72. The molecule has 0 unspecified atom stereocenters. The van der Waals surface area contributed by atoms with Crippen molar-refractivity contribution in [3.8, 4) is 0 Å². The third kappa shape index (κ3) is 3.78. The van der Waals surface area contributed by atoms with Gasteiger partial charge in [0.25, 0.3) is 5.56 Å². The van der Waals surface area contributed by atoms with Crippen LogP contribution in [0.15, 0.2) is 53.6 Å². The largest absolute Gasteiger partial charge is 0.349 e. The zero-order valence-electron chi connectivity index (χ0n) is 16.8. The molecule has 2 heterocycles. The van der Waals surface area contributed by atoms with Gasteiger partial charge in [0.1, 0.15) is 11.0 Å². The molecule has 2 aromatic heterocycles. The molecule has 0 aliphatic carbocycles. The van der Waals surface area contributed by atoms with E-state index in [-0.39, 0.29) is 24.4 Å². The molecule has 0 saturated carbocycles. The van der Waals surface area contributed by atoms with E-state index in [1.54, 1.807) is 0 Å². The topological polar surface area (TPSA) is 79.8 Å². The average molecular weight is 388 g/mol.